The van der Waals surface area contributed by atoms with Gasteiger partial charge in [-0.05, 0) is 31.1 Å². The largest absolute Gasteiger partial charge is 0.380 e. The first-order chi connectivity index (χ1) is 9.19. The summed E-state index contributed by atoms with van der Waals surface area (Å²) in [5.74, 6) is 1.82. The molecule has 4 unspecified atom stereocenters. The van der Waals surface area contributed by atoms with E-state index in [2.05, 4.69) is 17.6 Å². The van der Waals surface area contributed by atoms with Crippen molar-refractivity contribution in [1.82, 2.24) is 10.6 Å². The van der Waals surface area contributed by atoms with Gasteiger partial charge in [-0.2, -0.15) is 0 Å². The molecule has 1 amide bonds. The molecule has 0 aromatic carbocycles. The topological polar surface area (TPSA) is 50.4 Å². The standard InChI is InChI=1S/C15H28N2O2/c1-11-4-3-5-12(8-11)6-7-16-15(18)14-9-13(19-2)10-17-14/h11-14,17H,3-10H2,1-2H3,(H,16,18). The van der Waals surface area contributed by atoms with Gasteiger partial charge in [-0.15, -0.1) is 0 Å². The predicted octanol–water partition coefficient (Wildman–Crippen LogP) is 1.70. The predicted molar refractivity (Wildman–Crippen MR) is 76.0 cm³/mol. The number of hydrogen-bond donors (Lipinski definition) is 2. The van der Waals surface area contributed by atoms with Crippen LogP contribution in [0, 0.1) is 11.8 Å². The van der Waals surface area contributed by atoms with Gasteiger partial charge in [-0.1, -0.05) is 26.2 Å². The highest BCUT2D eigenvalue weighted by molar-refractivity contribution is 5.82. The summed E-state index contributed by atoms with van der Waals surface area (Å²) in [7, 11) is 1.71. The number of ether oxygens (including phenoxy) is 1. The molecule has 4 atom stereocenters. The van der Waals surface area contributed by atoms with Gasteiger partial charge in [0.15, 0.2) is 0 Å². The van der Waals surface area contributed by atoms with Gasteiger partial charge < -0.3 is 15.4 Å². The van der Waals surface area contributed by atoms with Gasteiger partial charge in [0, 0.05) is 20.2 Å². The fraction of sp³-hybridized carbons (Fsp3) is 0.933. The molecule has 2 N–H and O–H groups in total. The van der Waals surface area contributed by atoms with Crippen molar-refractivity contribution in [2.75, 3.05) is 20.2 Å². The summed E-state index contributed by atoms with van der Waals surface area (Å²) >= 11 is 0. The van der Waals surface area contributed by atoms with Crippen LogP contribution >= 0.6 is 0 Å². The van der Waals surface area contributed by atoms with Gasteiger partial charge >= 0.3 is 0 Å². The Morgan fingerprint density at radius 3 is 2.89 bits per heavy atom. The van der Waals surface area contributed by atoms with Crippen molar-refractivity contribution in [3.8, 4) is 0 Å². The van der Waals surface area contributed by atoms with E-state index in [0.29, 0.717) is 0 Å². The highest BCUT2D eigenvalue weighted by Gasteiger charge is 2.29. The van der Waals surface area contributed by atoms with E-state index in [1.807, 2.05) is 0 Å². The van der Waals surface area contributed by atoms with Gasteiger partial charge in [0.2, 0.25) is 5.91 Å². The summed E-state index contributed by atoms with van der Waals surface area (Å²) in [5, 5.41) is 6.29. The van der Waals surface area contributed by atoms with Crippen LogP contribution in [0.3, 0.4) is 0 Å². The average Bonchev–Trinajstić information content (AvgIpc) is 2.87. The minimum atomic E-state index is -0.0600. The maximum Gasteiger partial charge on any atom is 0.237 e. The number of methoxy groups -OCH3 is 1. The molecule has 19 heavy (non-hydrogen) atoms. The van der Waals surface area contributed by atoms with Crippen LogP contribution in [0.5, 0.6) is 0 Å². The summed E-state index contributed by atoms with van der Waals surface area (Å²) in [6, 6.07) is -0.0600. The molecule has 1 saturated carbocycles. The second kappa shape index (κ2) is 7.25. The molecule has 1 aliphatic carbocycles. The number of hydrogen-bond acceptors (Lipinski definition) is 3. The molecule has 0 radical (unpaired) electrons. The Hall–Kier alpha value is -0.610. The first-order valence-corrected chi connectivity index (χ1v) is 7.73. The number of rotatable bonds is 5. The van der Waals surface area contributed by atoms with Crippen molar-refractivity contribution < 1.29 is 9.53 Å². The molecule has 2 aliphatic rings. The highest BCUT2D eigenvalue weighted by atomic mass is 16.5. The Bertz CT molecular complexity index is 296. The van der Waals surface area contributed by atoms with Gasteiger partial charge in [-0.3, -0.25) is 4.79 Å². The Morgan fingerprint density at radius 2 is 2.21 bits per heavy atom. The molecule has 1 saturated heterocycles. The molecule has 2 fully saturated rings. The van der Waals surface area contributed by atoms with E-state index >= 15 is 0 Å². The summed E-state index contributed by atoms with van der Waals surface area (Å²) in [4.78, 5) is 12.0. The Morgan fingerprint density at radius 1 is 1.37 bits per heavy atom. The zero-order chi connectivity index (χ0) is 13.7. The van der Waals surface area contributed by atoms with E-state index in [-0.39, 0.29) is 18.1 Å². The van der Waals surface area contributed by atoms with Crippen LogP contribution in [0.15, 0.2) is 0 Å². The fourth-order valence-corrected chi connectivity index (χ4v) is 3.43. The second-order valence-corrected chi connectivity index (χ2v) is 6.27. The van der Waals surface area contributed by atoms with E-state index in [0.717, 1.165) is 37.8 Å². The van der Waals surface area contributed by atoms with E-state index in [1.54, 1.807) is 7.11 Å². The van der Waals surface area contributed by atoms with Crippen LogP contribution in [-0.4, -0.2) is 38.3 Å². The van der Waals surface area contributed by atoms with Crippen LogP contribution in [0.2, 0.25) is 0 Å². The number of amides is 1. The van der Waals surface area contributed by atoms with Crippen LogP contribution in [0.1, 0.15) is 45.4 Å². The van der Waals surface area contributed by atoms with Crippen molar-refractivity contribution in [1.29, 1.82) is 0 Å². The molecule has 4 heteroatoms. The number of carbonyl (C=O) groups is 1. The zero-order valence-corrected chi connectivity index (χ0v) is 12.3. The lowest BCUT2D eigenvalue weighted by Gasteiger charge is -2.26. The molecule has 110 valence electrons. The zero-order valence-electron chi connectivity index (χ0n) is 12.3. The van der Waals surface area contributed by atoms with Gasteiger partial charge in [-0.25, -0.2) is 0 Å². The molecule has 1 aliphatic heterocycles. The van der Waals surface area contributed by atoms with Crippen LogP contribution in [0.4, 0.5) is 0 Å². The Labute approximate surface area is 116 Å². The molecule has 4 nitrogen and oxygen atoms in total. The van der Waals surface area contributed by atoms with Crippen molar-refractivity contribution in [2.24, 2.45) is 11.8 Å². The third-order valence-electron chi connectivity index (χ3n) is 4.64. The maximum absolute atomic E-state index is 12.0. The maximum atomic E-state index is 12.0. The van der Waals surface area contributed by atoms with Crippen LogP contribution < -0.4 is 10.6 Å². The summed E-state index contributed by atoms with van der Waals surface area (Å²) in [6.07, 6.45) is 7.54. The Kier molecular flexibility index (Phi) is 5.64. The first kappa shape index (κ1) is 14.8. The average molecular weight is 268 g/mol. The fourth-order valence-electron chi connectivity index (χ4n) is 3.43. The van der Waals surface area contributed by atoms with Crippen LogP contribution in [0.25, 0.3) is 0 Å². The molecular weight excluding hydrogens is 240 g/mol. The van der Waals surface area contributed by atoms with Crippen molar-refractivity contribution >= 4 is 5.91 Å². The number of nitrogens with one attached hydrogen (secondary N) is 2. The third-order valence-corrected chi connectivity index (χ3v) is 4.64. The lowest BCUT2D eigenvalue weighted by Crippen LogP contribution is -2.41. The lowest BCUT2D eigenvalue weighted by molar-refractivity contribution is -0.123. The second-order valence-electron chi connectivity index (χ2n) is 6.27. The molecule has 0 aromatic heterocycles. The highest BCUT2D eigenvalue weighted by Crippen LogP contribution is 2.30. The summed E-state index contributed by atoms with van der Waals surface area (Å²) < 4.78 is 5.26. The summed E-state index contributed by atoms with van der Waals surface area (Å²) in [6.45, 7) is 3.96. The third kappa shape index (κ3) is 4.46. The van der Waals surface area contributed by atoms with Gasteiger partial charge in [0.05, 0.1) is 12.1 Å². The normalized spacial score (nSPS) is 35.3. The SMILES string of the molecule is COC1CNC(C(=O)NCCC2CCCC(C)C2)C1. The molecule has 0 aromatic rings. The van der Waals surface area contributed by atoms with Crippen LogP contribution in [-0.2, 0) is 9.53 Å². The molecule has 1 heterocycles. The minimum absolute atomic E-state index is 0.0600. The smallest absolute Gasteiger partial charge is 0.237 e. The van der Waals surface area contributed by atoms with Crippen molar-refractivity contribution in [3.63, 3.8) is 0 Å². The van der Waals surface area contributed by atoms with Crippen molar-refractivity contribution in [2.45, 2.75) is 57.6 Å². The quantitative estimate of drug-likeness (QED) is 0.798. The van der Waals surface area contributed by atoms with E-state index in [4.69, 9.17) is 4.74 Å². The van der Waals surface area contributed by atoms with Crippen molar-refractivity contribution in [3.05, 3.63) is 0 Å². The number of carbonyl (C=O) groups excluding carboxylic acids is 1. The molecule has 0 spiro atoms. The monoisotopic (exact) mass is 268 g/mol. The minimum Gasteiger partial charge on any atom is -0.380 e. The van der Waals surface area contributed by atoms with E-state index in [9.17, 15) is 4.79 Å². The first-order valence-electron chi connectivity index (χ1n) is 7.73. The van der Waals surface area contributed by atoms with E-state index < -0.39 is 0 Å². The molecular formula is C15H28N2O2. The lowest BCUT2D eigenvalue weighted by atomic mass is 9.81. The Balaban J connectivity index is 1.61. The van der Waals surface area contributed by atoms with E-state index in [1.165, 1.54) is 25.7 Å². The van der Waals surface area contributed by atoms with Gasteiger partial charge in [0.25, 0.3) is 0 Å². The molecule has 0 bridgehead atoms. The molecule has 2 rings (SSSR count). The van der Waals surface area contributed by atoms with Gasteiger partial charge in [0.1, 0.15) is 0 Å². The summed E-state index contributed by atoms with van der Waals surface area (Å²) in [5.41, 5.74) is 0.